The van der Waals surface area contributed by atoms with Crippen molar-refractivity contribution in [3.63, 3.8) is 0 Å². The lowest BCUT2D eigenvalue weighted by Crippen LogP contribution is -2.18. The van der Waals surface area contributed by atoms with Crippen LogP contribution in [0.3, 0.4) is 0 Å². The van der Waals surface area contributed by atoms with Crippen molar-refractivity contribution in [2.75, 3.05) is 30.7 Å². The zero-order valence-electron chi connectivity index (χ0n) is 18.1. The van der Waals surface area contributed by atoms with Crippen LogP contribution in [0.1, 0.15) is 25.0 Å². The number of hydrogen-bond donors (Lipinski definition) is 2. The highest BCUT2D eigenvalue weighted by Crippen LogP contribution is 2.34. The highest BCUT2D eigenvalue weighted by atomic mass is 32.2. The summed E-state index contributed by atoms with van der Waals surface area (Å²) in [6.07, 6.45) is 0. The van der Waals surface area contributed by atoms with Crippen LogP contribution in [0.2, 0.25) is 0 Å². The van der Waals surface area contributed by atoms with E-state index >= 15 is 0 Å². The van der Waals surface area contributed by atoms with Gasteiger partial charge in [0, 0.05) is 37.8 Å². The van der Waals surface area contributed by atoms with E-state index in [4.69, 9.17) is 4.74 Å². The van der Waals surface area contributed by atoms with E-state index in [-0.39, 0.29) is 5.75 Å². The minimum atomic E-state index is -3.33. The molecule has 0 amide bonds. The number of ether oxygens (including phenoxy) is 1. The second kappa shape index (κ2) is 9.96. The van der Waals surface area contributed by atoms with Crippen molar-refractivity contribution in [1.82, 2.24) is 9.88 Å². The molecule has 0 bridgehead atoms. The number of aromatic nitrogens is 1. The predicted octanol–water partition coefficient (Wildman–Crippen LogP) is 3.70. The van der Waals surface area contributed by atoms with Gasteiger partial charge in [0.2, 0.25) is 10.0 Å². The number of methoxy groups -OCH3 is 1. The standard InChI is InChI=1S/C23H28N4O3S/c1-4-27-22-14-17(16-25-12-13-30-3)6-11-20(22)21(15-24)23(27)18-7-9-19(10-8-18)26-31(28,29)5-2/h6-11,14,25-26H,4-5,12-13,16H2,1-3H3. The Morgan fingerprint density at radius 1 is 1.13 bits per heavy atom. The topological polar surface area (TPSA) is 96.2 Å². The molecule has 8 heteroatoms. The molecule has 0 spiro atoms. The smallest absolute Gasteiger partial charge is 0.232 e. The van der Waals surface area contributed by atoms with Gasteiger partial charge in [-0.1, -0.05) is 24.3 Å². The summed E-state index contributed by atoms with van der Waals surface area (Å²) in [6.45, 7) is 6.50. The lowest BCUT2D eigenvalue weighted by Gasteiger charge is -2.11. The van der Waals surface area contributed by atoms with Crippen LogP contribution in [0.4, 0.5) is 5.69 Å². The van der Waals surface area contributed by atoms with E-state index in [1.54, 1.807) is 26.2 Å². The van der Waals surface area contributed by atoms with Crippen LogP contribution in [-0.4, -0.2) is 39.0 Å². The SMILES string of the molecule is CCn1c(-c2ccc(NS(=O)(=O)CC)cc2)c(C#N)c2ccc(CNCCOC)cc21. The Morgan fingerprint density at radius 3 is 2.48 bits per heavy atom. The third kappa shape index (κ3) is 5.07. The van der Waals surface area contributed by atoms with E-state index in [9.17, 15) is 13.7 Å². The summed E-state index contributed by atoms with van der Waals surface area (Å²) < 4.78 is 33.4. The zero-order valence-corrected chi connectivity index (χ0v) is 18.9. The maximum absolute atomic E-state index is 11.8. The van der Waals surface area contributed by atoms with Crippen molar-refractivity contribution < 1.29 is 13.2 Å². The maximum atomic E-state index is 11.8. The third-order valence-corrected chi connectivity index (χ3v) is 6.49. The molecular formula is C23H28N4O3S. The Balaban J connectivity index is 2.00. The van der Waals surface area contributed by atoms with Gasteiger partial charge in [0.15, 0.2) is 0 Å². The maximum Gasteiger partial charge on any atom is 0.232 e. The lowest BCUT2D eigenvalue weighted by molar-refractivity contribution is 0.199. The summed E-state index contributed by atoms with van der Waals surface area (Å²) in [7, 11) is -1.66. The predicted molar refractivity (Wildman–Crippen MR) is 124 cm³/mol. The molecule has 1 heterocycles. The van der Waals surface area contributed by atoms with Gasteiger partial charge >= 0.3 is 0 Å². The minimum absolute atomic E-state index is 0.0140. The fraction of sp³-hybridized carbons (Fsp3) is 0.348. The Hall–Kier alpha value is -2.86. The van der Waals surface area contributed by atoms with Gasteiger partial charge in [0.25, 0.3) is 0 Å². The van der Waals surface area contributed by atoms with Crippen LogP contribution in [0.15, 0.2) is 42.5 Å². The molecule has 0 saturated heterocycles. The molecule has 3 aromatic rings. The molecule has 2 aromatic carbocycles. The Labute approximate surface area is 183 Å². The van der Waals surface area contributed by atoms with Gasteiger partial charge in [-0.15, -0.1) is 0 Å². The van der Waals surface area contributed by atoms with Gasteiger partial charge in [0.1, 0.15) is 6.07 Å². The van der Waals surface area contributed by atoms with Gasteiger partial charge in [-0.2, -0.15) is 5.26 Å². The molecule has 0 aliphatic heterocycles. The quantitative estimate of drug-likeness (QED) is 0.469. The minimum Gasteiger partial charge on any atom is -0.383 e. The number of rotatable bonds is 10. The average molecular weight is 441 g/mol. The number of fused-ring (bicyclic) bond motifs is 1. The van der Waals surface area contributed by atoms with Gasteiger partial charge in [-0.25, -0.2) is 8.42 Å². The second-order valence-corrected chi connectivity index (χ2v) is 9.19. The molecule has 0 saturated carbocycles. The molecule has 0 unspecified atom stereocenters. The number of nitriles is 1. The summed E-state index contributed by atoms with van der Waals surface area (Å²) >= 11 is 0. The summed E-state index contributed by atoms with van der Waals surface area (Å²) in [5, 5.41) is 14.2. The molecule has 0 atom stereocenters. The van der Waals surface area contributed by atoms with Gasteiger partial charge in [-0.05, 0) is 43.2 Å². The van der Waals surface area contributed by atoms with Crippen molar-refractivity contribution in [2.24, 2.45) is 0 Å². The Kier molecular flexibility index (Phi) is 7.33. The van der Waals surface area contributed by atoms with Gasteiger partial charge in [0.05, 0.1) is 29.1 Å². The second-order valence-electron chi connectivity index (χ2n) is 7.18. The lowest BCUT2D eigenvalue weighted by atomic mass is 10.0. The first-order valence-electron chi connectivity index (χ1n) is 10.3. The largest absolute Gasteiger partial charge is 0.383 e. The van der Waals surface area contributed by atoms with E-state index in [1.165, 1.54) is 0 Å². The van der Waals surface area contributed by atoms with Crippen molar-refractivity contribution in [2.45, 2.75) is 26.9 Å². The molecule has 0 aliphatic carbocycles. The van der Waals surface area contributed by atoms with E-state index in [1.807, 2.05) is 24.3 Å². The van der Waals surface area contributed by atoms with E-state index in [0.29, 0.717) is 24.4 Å². The number of anilines is 1. The van der Waals surface area contributed by atoms with Crippen molar-refractivity contribution >= 4 is 26.6 Å². The Morgan fingerprint density at radius 2 is 1.87 bits per heavy atom. The summed E-state index contributed by atoms with van der Waals surface area (Å²) in [5.74, 6) is 0.0140. The molecule has 164 valence electrons. The fourth-order valence-corrected chi connectivity index (χ4v) is 4.24. The first-order chi connectivity index (χ1) is 14.9. The molecule has 3 rings (SSSR count). The molecular weight excluding hydrogens is 412 g/mol. The van der Waals surface area contributed by atoms with Crippen molar-refractivity contribution in [3.8, 4) is 17.3 Å². The number of nitrogens with one attached hydrogen (secondary N) is 2. The molecule has 31 heavy (non-hydrogen) atoms. The normalized spacial score (nSPS) is 11.5. The first-order valence-corrected chi connectivity index (χ1v) is 11.9. The van der Waals surface area contributed by atoms with Crippen LogP contribution in [-0.2, 0) is 27.8 Å². The zero-order chi connectivity index (χ0) is 22.4. The summed E-state index contributed by atoms with van der Waals surface area (Å²) in [6, 6.07) is 15.7. The molecule has 0 fully saturated rings. The monoisotopic (exact) mass is 440 g/mol. The summed E-state index contributed by atoms with van der Waals surface area (Å²) in [5.41, 5.74) is 4.99. The molecule has 0 aliphatic rings. The number of sulfonamides is 1. The van der Waals surface area contributed by atoms with Gasteiger partial charge in [-0.3, -0.25) is 4.72 Å². The van der Waals surface area contributed by atoms with Crippen LogP contribution in [0.25, 0.3) is 22.2 Å². The Bertz CT molecular complexity index is 1190. The van der Waals surface area contributed by atoms with Gasteiger partial charge < -0.3 is 14.6 Å². The number of benzene rings is 2. The highest BCUT2D eigenvalue weighted by molar-refractivity contribution is 7.92. The van der Waals surface area contributed by atoms with Crippen LogP contribution in [0, 0.1) is 11.3 Å². The summed E-state index contributed by atoms with van der Waals surface area (Å²) in [4.78, 5) is 0. The number of aryl methyl sites for hydroxylation is 1. The highest BCUT2D eigenvalue weighted by Gasteiger charge is 2.18. The van der Waals surface area contributed by atoms with E-state index < -0.39 is 10.0 Å². The van der Waals surface area contributed by atoms with Crippen molar-refractivity contribution in [3.05, 3.63) is 53.6 Å². The van der Waals surface area contributed by atoms with E-state index in [0.717, 1.165) is 40.8 Å². The van der Waals surface area contributed by atoms with Crippen molar-refractivity contribution in [1.29, 1.82) is 5.26 Å². The third-order valence-electron chi connectivity index (χ3n) is 5.18. The fourth-order valence-electron chi connectivity index (χ4n) is 3.60. The molecule has 1 aromatic heterocycles. The van der Waals surface area contributed by atoms with E-state index in [2.05, 4.69) is 33.7 Å². The number of nitrogens with zero attached hydrogens (tertiary/aromatic N) is 2. The molecule has 2 N–H and O–H groups in total. The molecule has 0 radical (unpaired) electrons. The first kappa shape index (κ1) is 22.8. The van der Waals surface area contributed by atoms with Crippen LogP contribution >= 0.6 is 0 Å². The number of hydrogen-bond acceptors (Lipinski definition) is 5. The van der Waals surface area contributed by atoms with Crippen LogP contribution in [0.5, 0.6) is 0 Å². The molecule has 7 nitrogen and oxygen atoms in total. The van der Waals surface area contributed by atoms with Crippen LogP contribution < -0.4 is 10.0 Å². The average Bonchev–Trinajstić information content (AvgIpc) is 3.09.